The van der Waals surface area contributed by atoms with Crippen molar-refractivity contribution in [2.45, 2.75) is 39.5 Å². The number of hydrogen-bond acceptors (Lipinski definition) is 1. The first-order valence-corrected chi connectivity index (χ1v) is 6.98. The van der Waals surface area contributed by atoms with Gasteiger partial charge in [-0.15, -0.1) is 0 Å². The maximum Gasteiger partial charge on any atom is 0.137 e. The van der Waals surface area contributed by atoms with E-state index in [1.165, 1.54) is 24.0 Å². The van der Waals surface area contributed by atoms with Crippen molar-refractivity contribution in [3.05, 3.63) is 41.5 Å². The Morgan fingerprint density at radius 3 is 2.67 bits per heavy atom. The fraction of sp³-hybridized carbons (Fsp3) is 0.471. The standard InChI is InChI=1S/C17H22O/c1-3-15-10-7-11-16(17(15)13(2)18)12-14-8-5-4-6-9-14/h4-6,8-9,12,15,17H,3,7,10-11H2,1-2H3/b16-12+/t15-,17+/m0/s1. The molecule has 1 aliphatic carbocycles. The summed E-state index contributed by atoms with van der Waals surface area (Å²) >= 11 is 0. The van der Waals surface area contributed by atoms with Crippen molar-refractivity contribution >= 4 is 11.9 Å². The Hall–Kier alpha value is -1.37. The highest BCUT2D eigenvalue weighted by Gasteiger charge is 2.30. The molecule has 2 rings (SSSR count). The van der Waals surface area contributed by atoms with Crippen LogP contribution in [0, 0.1) is 11.8 Å². The molecular weight excluding hydrogens is 220 g/mol. The molecule has 0 saturated heterocycles. The highest BCUT2D eigenvalue weighted by molar-refractivity contribution is 5.83. The van der Waals surface area contributed by atoms with Crippen molar-refractivity contribution in [1.82, 2.24) is 0 Å². The lowest BCUT2D eigenvalue weighted by Gasteiger charge is -2.31. The van der Waals surface area contributed by atoms with E-state index in [2.05, 4.69) is 37.3 Å². The average Bonchev–Trinajstić information content (AvgIpc) is 2.39. The maximum atomic E-state index is 11.9. The van der Waals surface area contributed by atoms with Crippen molar-refractivity contribution < 1.29 is 4.79 Å². The topological polar surface area (TPSA) is 17.1 Å². The molecule has 0 aliphatic heterocycles. The summed E-state index contributed by atoms with van der Waals surface area (Å²) < 4.78 is 0. The van der Waals surface area contributed by atoms with Gasteiger partial charge in [0, 0.05) is 5.92 Å². The molecule has 1 heteroatoms. The zero-order chi connectivity index (χ0) is 13.0. The minimum absolute atomic E-state index is 0.156. The van der Waals surface area contributed by atoms with Gasteiger partial charge >= 0.3 is 0 Å². The molecule has 96 valence electrons. The summed E-state index contributed by atoms with van der Waals surface area (Å²) in [6, 6.07) is 10.4. The van der Waals surface area contributed by atoms with Crippen LogP contribution < -0.4 is 0 Å². The van der Waals surface area contributed by atoms with Crippen molar-refractivity contribution in [1.29, 1.82) is 0 Å². The molecule has 1 aromatic rings. The molecule has 1 fully saturated rings. The van der Waals surface area contributed by atoms with E-state index >= 15 is 0 Å². The Balaban J connectivity index is 2.29. The molecule has 0 amide bonds. The van der Waals surface area contributed by atoms with Gasteiger partial charge in [-0.05, 0) is 37.7 Å². The molecule has 1 aliphatic rings. The molecule has 0 N–H and O–H groups in total. The zero-order valence-corrected chi connectivity index (χ0v) is 11.4. The largest absolute Gasteiger partial charge is 0.299 e. The van der Waals surface area contributed by atoms with E-state index < -0.39 is 0 Å². The Kier molecular flexibility index (Phi) is 4.35. The molecular formula is C17H22O. The van der Waals surface area contributed by atoms with Crippen LogP contribution in [0.5, 0.6) is 0 Å². The van der Waals surface area contributed by atoms with Gasteiger partial charge in [0.15, 0.2) is 0 Å². The van der Waals surface area contributed by atoms with Gasteiger partial charge in [0.05, 0.1) is 0 Å². The van der Waals surface area contributed by atoms with Gasteiger partial charge in [-0.1, -0.05) is 55.3 Å². The van der Waals surface area contributed by atoms with E-state index in [1.807, 2.05) is 6.07 Å². The summed E-state index contributed by atoms with van der Waals surface area (Å²) in [5.74, 6) is 1.04. The summed E-state index contributed by atoms with van der Waals surface area (Å²) in [5, 5.41) is 0. The van der Waals surface area contributed by atoms with Crippen LogP contribution in [-0.2, 0) is 4.79 Å². The highest BCUT2D eigenvalue weighted by atomic mass is 16.1. The second-order valence-electron chi connectivity index (χ2n) is 5.28. The van der Waals surface area contributed by atoms with Crippen LogP contribution in [0.25, 0.3) is 6.08 Å². The van der Waals surface area contributed by atoms with Gasteiger partial charge in [-0.3, -0.25) is 4.79 Å². The van der Waals surface area contributed by atoms with Gasteiger partial charge in [0.2, 0.25) is 0 Å². The number of carbonyl (C=O) groups is 1. The van der Waals surface area contributed by atoms with E-state index in [4.69, 9.17) is 0 Å². The quantitative estimate of drug-likeness (QED) is 0.763. The molecule has 2 atom stereocenters. The molecule has 1 nitrogen and oxygen atoms in total. The van der Waals surface area contributed by atoms with Crippen LogP contribution in [-0.4, -0.2) is 5.78 Å². The van der Waals surface area contributed by atoms with E-state index in [9.17, 15) is 4.79 Å². The van der Waals surface area contributed by atoms with E-state index in [0.717, 1.165) is 12.8 Å². The Morgan fingerprint density at radius 2 is 2.06 bits per heavy atom. The first kappa shape index (κ1) is 13.1. The molecule has 0 radical (unpaired) electrons. The third kappa shape index (κ3) is 2.90. The Bertz CT molecular complexity index is 430. The number of rotatable bonds is 3. The molecule has 0 heterocycles. The zero-order valence-electron chi connectivity index (χ0n) is 11.4. The smallest absolute Gasteiger partial charge is 0.137 e. The number of allylic oxidation sites excluding steroid dienone is 1. The number of Topliss-reactive ketones (excluding diaryl/α,β-unsaturated/α-hetero) is 1. The third-order valence-corrected chi connectivity index (χ3v) is 4.03. The summed E-state index contributed by atoms with van der Waals surface area (Å²) in [7, 11) is 0. The van der Waals surface area contributed by atoms with Gasteiger partial charge in [0.1, 0.15) is 5.78 Å². The SMILES string of the molecule is CC[C@H]1CCC/C(=C\c2ccccc2)[C@@H]1C(C)=O. The molecule has 18 heavy (non-hydrogen) atoms. The third-order valence-electron chi connectivity index (χ3n) is 4.03. The second kappa shape index (κ2) is 5.99. The molecule has 0 bridgehead atoms. The maximum absolute atomic E-state index is 11.9. The molecule has 1 saturated carbocycles. The van der Waals surface area contributed by atoms with Gasteiger partial charge in [0.25, 0.3) is 0 Å². The normalized spacial score (nSPS) is 26.2. The molecule has 0 spiro atoms. The summed E-state index contributed by atoms with van der Waals surface area (Å²) in [4.78, 5) is 11.9. The van der Waals surface area contributed by atoms with Crippen LogP contribution in [0.4, 0.5) is 0 Å². The summed E-state index contributed by atoms with van der Waals surface area (Å²) in [5.41, 5.74) is 2.56. The van der Waals surface area contributed by atoms with Crippen LogP contribution in [0.15, 0.2) is 35.9 Å². The Labute approximate surface area is 110 Å². The minimum atomic E-state index is 0.156. The minimum Gasteiger partial charge on any atom is -0.299 e. The summed E-state index contributed by atoms with van der Waals surface area (Å²) in [6.07, 6.45) is 6.84. The molecule has 1 aromatic carbocycles. The van der Waals surface area contributed by atoms with Gasteiger partial charge in [-0.25, -0.2) is 0 Å². The van der Waals surface area contributed by atoms with Crippen LogP contribution >= 0.6 is 0 Å². The highest BCUT2D eigenvalue weighted by Crippen LogP contribution is 2.37. The van der Waals surface area contributed by atoms with Gasteiger partial charge in [-0.2, -0.15) is 0 Å². The lowest BCUT2D eigenvalue weighted by molar-refractivity contribution is -0.121. The number of hydrogen-bond donors (Lipinski definition) is 0. The average molecular weight is 242 g/mol. The predicted octanol–water partition coefficient (Wildman–Crippen LogP) is 4.49. The first-order chi connectivity index (χ1) is 8.72. The van der Waals surface area contributed by atoms with Crippen molar-refractivity contribution in [3.63, 3.8) is 0 Å². The van der Waals surface area contributed by atoms with Crippen LogP contribution in [0.1, 0.15) is 45.1 Å². The molecule has 0 aromatic heterocycles. The molecule has 0 unspecified atom stereocenters. The fourth-order valence-corrected chi connectivity index (χ4v) is 3.15. The number of benzene rings is 1. The van der Waals surface area contributed by atoms with Crippen molar-refractivity contribution in [3.8, 4) is 0 Å². The lowest BCUT2D eigenvalue weighted by Crippen LogP contribution is -2.27. The van der Waals surface area contributed by atoms with Crippen LogP contribution in [0.3, 0.4) is 0 Å². The fourth-order valence-electron chi connectivity index (χ4n) is 3.15. The van der Waals surface area contributed by atoms with E-state index in [0.29, 0.717) is 11.7 Å². The monoisotopic (exact) mass is 242 g/mol. The van der Waals surface area contributed by atoms with Crippen molar-refractivity contribution in [2.75, 3.05) is 0 Å². The lowest BCUT2D eigenvalue weighted by atomic mass is 9.72. The second-order valence-corrected chi connectivity index (χ2v) is 5.28. The van der Waals surface area contributed by atoms with Crippen molar-refractivity contribution in [2.24, 2.45) is 11.8 Å². The number of ketones is 1. The van der Waals surface area contributed by atoms with Gasteiger partial charge < -0.3 is 0 Å². The Morgan fingerprint density at radius 1 is 1.33 bits per heavy atom. The van der Waals surface area contributed by atoms with E-state index in [1.54, 1.807) is 6.92 Å². The first-order valence-electron chi connectivity index (χ1n) is 6.98. The van der Waals surface area contributed by atoms with E-state index in [-0.39, 0.29) is 5.92 Å². The summed E-state index contributed by atoms with van der Waals surface area (Å²) in [6.45, 7) is 3.95. The predicted molar refractivity (Wildman–Crippen MR) is 76.2 cm³/mol. The number of carbonyl (C=O) groups excluding carboxylic acids is 1. The van der Waals surface area contributed by atoms with Crippen LogP contribution in [0.2, 0.25) is 0 Å².